The molecule has 1 N–H and O–H groups in total. The van der Waals surface area contributed by atoms with E-state index in [0.717, 1.165) is 10.4 Å². The molecule has 0 spiro atoms. The molecular weight excluding hydrogens is 321 g/mol. The third kappa shape index (κ3) is 3.26. The summed E-state index contributed by atoms with van der Waals surface area (Å²) in [6, 6.07) is 5.44. The van der Waals surface area contributed by atoms with Gasteiger partial charge in [0.1, 0.15) is 16.5 Å². The zero-order valence-corrected chi connectivity index (χ0v) is 12.7. The second kappa shape index (κ2) is 6.15. The molecule has 21 heavy (non-hydrogen) atoms. The van der Waals surface area contributed by atoms with Crippen LogP contribution in [0.25, 0.3) is 0 Å². The highest BCUT2D eigenvalue weighted by Gasteiger charge is 2.27. The molecular formula is C13H13ClFNO4S. The number of benzene rings is 1. The molecule has 2 aromatic rings. The van der Waals surface area contributed by atoms with Crippen LogP contribution in [0.5, 0.6) is 0 Å². The number of hydrogen-bond donors (Lipinski definition) is 1. The summed E-state index contributed by atoms with van der Waals surface area (Å²) in [5.41, 5.74) is -0.174. The van der Waals surface area contributed by atoms with Crippen molar-refractivity contribution in [3.05, 3.63) is 52.7 Å². The second-order valence-electron chi connectivity index (χ2n) is 4.38. The molecule has 8 heteroatoms. The second-order valence-corrected chi connectivity index (χ2v) is 6.83. The standard InChI is InChI=1S/C13H13ClFNO4S/c1-16(7-11-3-2-4-20-11)21(18,19)12-6-10(14)5-9(8-17)13(12)15/h2-6,17H,7-8H2,1H3. The number of halogens is 2. The summed E-state index contributed by atoms with van der Waals surface area (Å²) in [6.07, 6.45) is 1.42. The average Bonchev–Trinajstić information content (AvgIpc) is 2.93. The predicted molar refractivity (Wildman–Crippen MR) is 74.7 cm³/mol. The van der Waals surface area contributed by atoms with Crippen molar-refractivity contribution in [3.63, 3.8) is 0 Å². The molecule has 0 bridgehead atoms. The lowest BCUT2D eigenvalue weighted by molar-refractivity contribution is 0.274. The van der Waals surface area contributed by atoms with E-state index < -0.39 is 27.3 Å². The van der Waals surface area contributed by atoms with Crippen LogP contribution in [0.1, 0.15) is 11.3 Å². The lowest BCUT2D eigenvalue weighted by atomic mass is 10.2. The summed E-state index contributed by atoms with van der Waals surface area (Å²) in [6.45, 7) is -0.688. The Morgan fingerprint density at radius 1 is 1.43 bits per heavy atom. The Morgan fingerprint density at radius 3 is 2.71 bits per heavy atom. The van der Waals surface area contributed by atoms with Gasteiger partial charge in [0.05, 0.1) is 19.4 Å². The summed E-state index contributed by atoms with van der Waals surface area (Å²) < 4.78 is 45.0. The van der Waals surface area contributed by atoms with Gasteiger partial charge in [-0.25, -0.2) is 12.8 Å². The van der Waals surface area contributed by atoms with Crippen LogP contribution in [0.3, 0.4) is 0 Å². The van der Waals surface area contributed by atoms with E-state index in [9.17, 15) is 12.8 Å². The van der Waals surface area contributed by atoms with Gasteiger partial charge < -0.3 is 9.52 Å². The minimum atomic E-state index is -4.10. The number of aliphatic hydroxyl groups is 1. The van der Waals surface area contributed by atoms with Gasteiger partial charge in [0, 0.05) is 17.6 Å². The molecule has 1 aromatic carbocycles. The molecule has 1 aromatic heterocycles. The SMILES string of the molecule is CN(Cc1ccco1)S(=O)(=O)c1cc(Cl)cc(CO)c1F. The highest BCUT2D eigenvalue weighted by Crippen LogP contribution is 2.26. The molecule has 0 amide bonds. The van der Waals surface area contributed by atoms with Crippen LogP contribution in [0, 0.1) is 5.82 Å². The van der Waals surface area contributed by atoms with E-state index in [2.05, 4.69) is 0 Å². The molecule has 114 valence electrons. The summed E-state index contributed by atoms with van der Waals surface area (Å²) >= 11 is 5.77. The quantitative estimate of drug-likeness (QED) is 0.912. The first-order valence-electron chi connectivity index (χ1n) is 5.93. The summed E-state index contributed by atoms with van der Waals surface area (Å²) in [5, 5.41) is 9.09. The third-order valence-electron chi connectivity index (χ3n) is 2.90. The monoisotopic (exact) mass is 333 g/mol. The van der Waals surface area contributed by atoms with Crippen molar-refractivity contribution in [1.82, 2.24) is 4.31 Å². The van der Waals surface area contributed by atoms with Gasteiger partial charge in [-0.2, -0.15) is 4.31 Å². The fraction of sp³-hybridized carbons (Fsp3) is 0.231. The molecule has 0 fully saturated rings. The maximum absolute atomic E-state index is 14.1. The Balaban J connectivity index is 2.41. The van der Waals surface area contributed by atoms with E-state index >= 15 is 0 Å². The molecule has 0 saturated heterocycles. The lowest BCUT2D eigenvalue weighted by Crippen LogP contribution is -2.27. The van der Waals surface area contributed by atoms with Gasteiger partial charge in [-0.05, 0) is 24.3 Å². The first-order valence-corrected chi connectivity index (χ1v) is 7.75. The van der Waals surface area contributed by atoms with Gasteiger partial charge in [-0.15, -0.1) is 0 Å². The van der Waals surface area contributed by atoms with E-state index in [1.807, 2.05) is 0 Å². The Labute approximate surface area is 126 Å². The Morgan fingerprint density at radius 2 is 2.14 bits per heavy atom. The zero-order valence-electron chi connectivity index (χ0n) is 11.1. The van der Waals surface area contributed by atoms with E-state index in [1.54, 1.807) is 12.1 Å². The van der Waals surface area contributed by atoms with Crippen molar-refractivity contribution in [2.45, 2.75) is 18.0 Å². The average molecular weight is 334 g/mol. The first kappa shape index (κ1) is 16.0. The van der Waals surface area contributed by atoms with Gasteiger partial charge in [-0.3, -0.25) is 0 Å². The van der Waals surface area contributed by atoms with Crippen molar-refractivity contribution >= 4 is 21.6 Å². The van der Waals surface area contributed by atoms with Crippen LogP contribution in [0.15, 0.2) is 39.8 Å². The van der Waals surface area contributed by atoms with Crippen molar-refractivity contribution in [3.8, 4) is 0 Å². The fourth-order valence-electron chi connectivity index (χ4n) is 1.80. The Bertz CT molecular complexity index is 731. The Kier molecular flexibility index (Phi) is 4.67. The van der Waals surface area contributed by atoms with E-state index in [-0.39, 0.29) is 17.1 Å². The maximum Gasteiger partial charge on any atom is 0.246 e. The van der Waals surface area contributed by atoms with Crippen molar-refractivity contribution in [1.29, 1.82) is 0 Å². The number of sulfonamides is 1. The molecule has 0 unspecified atom stereocenters. The molecule has 0 aliphatic heterocycles. The summed E-state index contributed by atoms with van der Waals surface area (Å²) in [4.78, 5) is -0.576. The molecule has 1 heterocycles. The van der Waals surface area contributed by atoms with Gasteiger partial charge in [-0.1, -0.05) is 11.6 Å². The topological polar surface area (TPSA) is 70.8 Å². The van der Waals surface area contributed by atoms with Crippen LogP contribution >= 0.6 is 11.6 Å². The van der Waals surface area contributed by atoms with Gasteiger partial charge in [0.15, 0.2) is 0 Å². The first-order chi connectivity index (χ1) is 9.86. The molecule has 2 rings (SSSR count). The maximum atomic E-state index is 14.1. The van der Waals surface area contributed by atoms with Gasteiger partial charge >= 0.3 is 0 Å². The van der Waals surface area contributed by atoms with E-state index in [1.165, 1.54) is 19.4 Å². The smallest absolute Gasteiger partial charge is 0.246 e. The van der Waals surface area contributed by atoms with Gasteiger partial charge in [0.25, 0.3) is 0 Å². The Hall–Kier alpha value is -1.41. The van der Waals surface area contributed by atoms with Crippen LogP contribution in [0.4, 0.5) is 4.39 Å². The summed E-state index contributed by atoms with van der Waals surface area (Å²) in [5.74, 6) is -0.584. The minimum absolute atomic E-state index is 0.0328. The largest absolute Gasteiger partial charge is 0.468 e. The molecule has 0 saturated carbocycles. The molecule has 0 atom stereocenters. The minimum Gasteiger partial charge on any atom is -0.468 e. The molecule has 0 radical (unpaired) electrons. The van der Waals surface area contributed by atoms with Crippen LogP contribution in [-0.2, 0) is 23.2 Å². The number of furan rings is 1. The van der Waals surface area contributed by atoms with Crippen molar-refractivity contribution in [2.75, 3.05) is 7.05 Å². The van der Waals surface area contributed by atoms with Crippen LogP contribution < -0.4 is 0 Å². The highest BCUT2D eigenvalue weighted by atomic mass is 35.5. The normalized spacial score (nSPS) is 12.0. The number of nitrogens with zero attached hydrogens (tertiary/aromatic N) is 1. The third-order valence-corrected chi connectivity index (χ3v) is 4.92. The molecule has 5 nitrogen and oxygen atoms in total. The van der Waals surface area contributed by atoms with Crippen molar-refractivity contribution < 1.29 is 22.3 Å². The predicted octanol–water partition coefficient (Wildman–Crippen LogP) is 2.39. The zero-order chi connectivity index (χ0) is 15.6. The summed E-state index contributed by atoms with van der Waals surface area (Å²) in [7, 11) is -2.80. The van der Waals surface area contributed by atoms with Crippen LogP contribution in [-0.4, -0.2) is 24.9 Å². The van der Waals surface area contributed by atoms with E-state index in [0.29, 0.717) is 5.76 Å². The number of aliphatic hydroxyl groups excluding tert-OH is 1. The fourth-order valence-corrected chi connectivity index (χ4v) is 3.37. The molecule has 0 aliphatic carbocycles. The molecule has 0 aliphatic rings. The lowest BCUT2D eigenvalue weighted by Gasteiger charge is -2.17. The van der Waals surface area contributed by atoms with Crippen LogP contribution in [0.2, 0.25) is 5.02 Å². The highest BCUT2D eigenvalue weighted by molar-refractivity contribution is 7.89. The van der Waals surface area contributed by atoms with Gasteiger partial charge in [0.2, 0.25) is 10.0 Å². The number of rotatable bonds is 5. The van der Waals surface area contributed by atoms with Crippen molar-refractivity contribution in [2.24, 2.45) is 0 Å². The number of hydrogen-bond acceptors (Lipinski definition) is 4. The van der Waals surface area contributed by atoms with E-state index in [4.69, 9.17) is 21.1 Å².